The second-order valence-corrected chi connectivity index (χ2v) is 7.66. The Balaban J connectivity index is 0.00000392. The molecule has 6 heteroatoms. The first-order valence-corrected chi connectivity index (χ1v) is 9.99. The Morgan fingerprint density at radius 3 is 2.32 bits per heavy atom. The number of rotatable bonds is 7. The van der Waals surface area contributed by atoms with Crippen molar-refractivity contribution < 1.29 is 14.6 Å². The summed E-state index contributed by atoms with van der Waals surface area (Å²) in [6.45, 7) is 10.1. The van der Waals surface area contributed by atoms with Crippen LogP contribution < -0.4 is 0 Å². The molecule has 0 aliphatic rings. The standard InChI is InChI=1S/C22H27NO3S.ClH/c1-5-23(6-2)16-11-15-21(3,4)26-20(24)22(25,19-14-10-17-27-19)18-12-8-7-9-13-18;/h7-10,12-14,17,25H,5-6,16H2,1-4H3;1H. The molecule has 0 aliphatic carbocycles. The van der Waals surface area contributed by atoms with Crippen LogP contribution in [0.5, 0.6) is 0 Å². The summed E-state index contributed by atoms with van der Waals surface area (Å²) in [6.07, 6.45) is 0. The lowest BCUT2D eigenvalue weighted by molar-refractivity contribution is -0.170. The van der Waals surface area contributed by atoms with E-state index in [9.17, 15) is 9.90 Å². The molecule has 2 rings (SSSR count). The molecule has 0 fully saturated rings. The van der Waals surface area contributed by atoms with E-state index in [1.54, 1.807) is 50.2 Å². The number of carbonyl (C=O) groups excluding carboxylic acids is 1. The summed E-state index contributed by atoms with van der Waals surface area (Å²) in [5.41, 5.74) is -2.39. The number of ether oxygens (including phenoxy) is 1. The van der Waals surface area contributed by atoms with Crippen molar-refractivity contribution in [2.45, 2.75) is 38.9 Å². The zero-order valence-corrected chi connectivity index (χ0v) is 18.4. The van der Waals surface area contributed by atoms with E-state index in [2.05, 4.69) is 30.6 Å². The summed E-state index contributed by atoms with van der Waals surface area (Å²) in [4.78, 5) is 15.7. The summed E-state index contributed by atoms with van der Waals surface area (Å²) in [5.74, 6) is 5.37. The molecule has 0 saturated heterocycles. The predicted octanol–water partition coefficient (Wildman–Crippen LogP) is 4.07. The number of thiophene rings is 1. The number of hydrogen-bond acceptors (Lipinski definition) is 5. The van der Waals surface area contributed by atoms with Crippen molar-refractivity contribution in [1.82, 2.24) is 4.90 Å². The monoisotopic (exact) mass is 421 g/mol. The van der Waals surface area contributed by atoms with Crippen LogP contribution in [0.25, 0.3) is 0 Å². The molecule has 0 saturated carbocycles. The van der Waals surface area contributed by atoms with Gasteiger partial charge in [-0.2, -0.15) is 0 Å². The van der Waals surface area contributed by atoms with Gasteiger partial charge in [0.2, 0.25) is 5.60 Å². The normalized spacial score (nSPS) is 13.1. The number of hydrogen-bond donors (Lipinski definition) is 1. The molecule has 1 unspecified atom stereocenters. The van der Waals surface area contributed by atoms with Crippen molar-refractivity contribution >= 4 is 29.7 Å². The average Bonchev–Trinajstić information content (AvgIpc) is 3.20. The zero-order chi connectivity index (χ0) is 19.9. The summed E-state index contributed by atoms with van der Waals surface area (Å²) in [6, 6.07) is 12.4. The highest BCUT2D eigenvalue weighted by Crippen LogP contribution is 2.35. The molecule has 1 aromatic carbocycles. The fourth-order valence-corrected chi connectivity index (χ4v) is 3.50. The Hall–Kier alpha value is -1.84. The second-order valence-electron chi connectivity index (χ2n) is 6.72. The summed E-state index contributed by atoms with van der Waals surface area (Å²) < 4.78 is 5.66. The first kappa shape index (κ1) is 24.2. The van der Waals surface area contributed by atoms with E-state index < -0.39 is 17.2 Å². The van der Waals surface area contributed by atoms with Crippen LogP contribution in [0.4, 0.5) is 0 Å². The lowest BCUT2D eigenvalue weighted by Gasteiger charge is -2.29. The Kier molecular flexibility index (Phi) is 9.19. The van der Waals surface area contributed by atoms with E-state index in [0.717, 1.165) is 13.1 Å². The highest BCUT2D eigenvalue weighted by Gasteiger charge is 2.44. The third kappa shape index (κ3) is 5.83. The van der Waals surface area contributed by atoms with Gasteiger partial charge in [0.25, 0.3) is 0 Å². The quantitative estimate of drug-likeness (QED) is 0.540. The molecule has 2 aromatic rings. The van der Waals surface area contributed by atoms with Crippen LogP contribution in [0.1, 0.15) is 38.1 Å². The molecule has 1 atom stereocenters. The van der Waals surface area contributed by atoms with Crippen LogP contribution in [0.2, 0.25) is 0 Å². The maximum absolute atomic E-state index is 13.0. The van der Waals surface area contributed by atoms with Gasteiger partial charge in [-0.25, -0.2) is 4.79 Å². The van der Waals surface area contributed by atoms with E-state index in [-0.39, 0.29) is 12.4 Å². The van der Waals surface area contributed by atoms with Gasteiger partial charge in [0, 0.05) is 5.56 Å². The highest BCUT2D eigenvalue weighted by molar-refractivity contribution is 7.10. The van der Waals surface area contributed by atoms with E-state index >= 15 is 0 Å². The number of aliphatic hydroxyl groups is 1. The van der Waals surface area contributed by atoms with Gasteiger partial charge < -0.3 is 9.84 Å². The molecular formula is C22H28ClNO3S. The van der Waals surface area contributed by atoms with Crippen LogP contribution in [-0.4, -0.2) is 41.2 Å². The molecule has 4 nitrogen and oxygen atoms in total. The van der Waals surface area contributed by atoms with Crippen molar-refractivity contribution in [3.8, 4) is 11.8 Å². The van der Waals surface area contributed by atoms with Gasteiger partial charge in [-0.15, -0.1) is 23.7 Å². The molecular weight excluding hydrogens is 394 g/mol. The van der Waals surface area contributed by atoms with Crippen molar-refractivity contribution in [2.24, 2.45) is 0 Å². The summed E-state index contributed by atoms with van der Waals surface area (Å²) >= 11 is 1.31. The molecule has 0 radical (unpaired) electrons. The number of nitrogens with zero attached hydrogens (tertiary/aromatic N) is 1. The van der Waals surface area contributed by atoms with E-state index in [0.29, 0.717) is 17.0 Å². The Morgan fingerprint density at radius 2 is 1.79 bits per heavy atom. The summed E-state index contributed by atoms with van der Waals surface area (Å²) in [5, 5.41) is 13.2. The Labute approximate surface area is 177 Å². The van der Waals surface area contributed by atoms with Crippen molar-refractivity contribution in [3.63, 3.8) is 0 Å². The van der Waals surface area contributed by atoms with Gasteiger partial charge in [-0.3, -0.25) is 4.90 Å². The van der Waals surface area contributed by atoms with E-state index in [1.807, 2.05) is 11.4 Å². The molecule has 0 spiro atoms. The van der Waals surface area contributed by atoms with Gasteiger partial charge in [0.05, 0.1) is 11.4 Å². The van der Waals surface area contributed by atoms with Crippen molar-refractivity contribution in [1.29, 1.82) is 0 Å². The number of carbonyl (C=O) groups is 1. The highest BCUT2D eigenvalue weighted by atomic mass is 35.5. The maximum Gasteiger partial charge on any atom is 0.350 e. The van der Waals surface area contributed by atoms with Crippen LogP contribution in [0.15, 0.2) is 47.8 Å². The lowest BCUT2D eigenvalue weighted by Crippen LogP contribution is -2.42. The van der Waals surface area contributed by atoms with Crippen molar-refractivity contribution in [2.75, 3.05) is 19.6 Å². The maximum atomic E-state index is 13.0. The van der Waals surface area contributed by atoms with Crippen LogP contribution in [-0.2, 0) is 15.1 Å². The van der Waals surface area contributed by atoms with E-state index in [4.69, 9.17) is 4.74 Å². The molecule has 0 bridgehead atoms. The molecule has 1 aromatic heterocycles. The third-order valence-electron chi connectivity index (χ3n) is 4.30. The minimum absolute atomic E-state index is 0. The molecule has 0 aliphatic heterocycles. The van der Waals surface area contributed by atoms with Crippen LogP contribution in [0.3, 0.4) is 0 Å². The first-order valence-electron chi connectivity index (χ1n) is 9.11. The number of esters is 1. The summed E-state index contributed by atoms with van der Waals surface area (Å²) in [7, 11) is 0. The molecule has 1 N–H and O–H groups in total. The third-order valence-corrected chi connectivity index (χ3v) is 5.28. The average molecular weight is 422 g/mol. The van der Waals surface area contributed by atoms with Gasteiger partial charge in [0.15, 0.2) is 5.60 Å². The second kappa shape index (κ2) is 10.6. The number of benzene rings is 1. The SMILES string of the molecule is CCN(CC)CC#CC(C)(C)OC(=O)C(O)(c1ccccc1)c1cccs1.Cl. The van der Waals surface area contributed by atoms with Crippen LogP contribution in [0, 0.1) is 11.8 Å². The van der Waals surface area contributed by atoms with E-state index in [1.165, 1.54) is 11.3 Å². The van der Waals surface area contributed by atoms with Gasteiger partial charge in [-0.1, -0.05) is 62.1 Å². The fourth-order valence-electron chi connectivity index (χ4n) is 2.67. The smallest absolute Gasteiger partial charge is 0.350 e. The minimum atomic E-state index is -1.85. The van der Waals surface area contributed by atoms with Gasteiger partial charge >= 0.3 is 5.97 Å². The Morgan fingerprint density at radius 1 is 1.14 bits per heavy atom. The Bertz CT molecular complexity index is 792. The molecule has 0 amide bonds. The van der Waals surface area contributed by atoms with Gasteiger partial charge in [0.1, 0.15) is 0 Å². The first-order chi connectivity index (χ1) is 12.8. The lowest BCUT2D eigenvalue weighted by atomic mass is 9.92. The fraction of sp³-hybridized carbons (Fsp3) is 0.409. The minimum Gasteiger partial charge on any atom is -0.444 e. The molecule has 28 heavy (non-hydrogen) atoms. The van der Waals surface area contributed by atoms with Crippen molar-refractivity contribution in [3.05, 3.63) is 58.3 Å². The number of halogens is 1. The molecule has 1 heterocycles. The molecule has 152 valence electrons. The predicted molar refractivity (Wildman–Crippen MR) is 117 cm³/mol. The topological polar surface area (TPSA) is 49.8 Å². The zero-order valence-electron chi connectivity index (χ0n) is 16.8. The van der Waals surface area contributed by atoms with Gasteiger partial charge in [-0.05, 0) is 38.4 Å². The largest absolute Gasteiger partial charge is 0.444 e. The van der Waals surface area contributed by atoms with Crippen LogP contribution >= 0.6 is 23.7 Å².